The van der Waals surface area contributed by atoms with Gasteiger partial charge in [-0.2, -0.15) is 13.2 Å². The lowest BCUT2D eigenvalue weighted by Crippen LogP contribution is -2.30. The first kappa shape index (κ1) is 15.7. The Hall–Kier alpha value is -1.33. The smallest absolute Gasteiger partial charge is 0.455 e. The monoisotopic (exact) mass is 278 g/mol. The molecule has 1 saturated carbocycles. The van der Waals surface area contributed by atoms with E-state index in [-0.39, 0.29) is 12.5 Å². The number of allylic oxidation sites excluding steroid dienone is 1. The standard InChI is InChI=1S/C13H17F3O3/c1-2-19-12(18)10(11(17)13(14,15)16)8-9-6-4-3-5-7-9/h8-9H,2-7H2,1H3/b10-8-. The number of hydrogen-bond donors (Lipinski definition) is 0. The highest BCUT2D eigenvalue weighted by Gasteiger charge is 2.43. The zero-order chi connectivity index (χ0) is 14.5. The van der Waals surface area contributed by atoms with Crippen LogP contribution >= 0.6 is 0 Å². The molecular weight excluding hydrogens is 261 g/mol. The molecule has 108 valence electrons. The van der Waals surface area contributed by atoms with E-state index in [4.69, 9.17) is 0 Å². The molecule has 6 heteroatoms. The Morgan fingerprint density at radius 3 is 2.26 bits per heavy atom. The molecule has 0 bridgehead atoms. The highest BCUT2D eigenvalue weighted by Crippen LogP contribution is 2.28. The van der Waals surface area contributed by atoms with Crippen LogP contribution in [0.3, 0.4) is 0 Å². The quantitative estimate of drug-likeness (QED) is 0.343. The molecule has 0 amide bonds. The fraction of sp³-hybridized carbons (Fsp3) is 0.692. The summed E-state index contributed by atoms with van der Waals surface area (Å²) in [5, 5.41) is 0. The lowest BCUT2D eigenvalue weighted by molar-refractivity contribution is -0.168. The molecule has 1 fully saturated rings. The van der Waals surface area contributed by atoms with Crippen LogP contribution in [-0.4, -0.2) is 24.5 Å². The summed E-state index contributed by atoms with van der Waals surface area (Å²) in [6.45, 7) is 1.42. The predicted molar refractivity (Wildman–Crippen MR) is 62.4 cm³/mol. The maximum absolute atomic E-state index is 12.5. The van der Waals surface area contributed by atoms with Crippen LogP contribution in [-0.2, 0) is 14.3 Å². The van der Waals surface area contributed by atoms with Gasteiger partial charge >= 0.3 is 12.1 Å². The first-order chi connectivity index (χ1) is 8.86. The summed E-state index contributed by atoms with van der Waals surface area (Å²) in [4.78, 5) is 22.8. The summed E-state index contributed by atoms with van der Waals surface area (Å²) in [5.41, 5.74) is -0.874. The zero-order valence-corrected chi connectivity index (χ0v) is 10.8. The molecule has 0 saturated heterocycles. The Bertz CT molecular complexity index is 366. The molecule has 0 atom stereocenters. The number of alkyl halides is 3. The highest BCUT2D eigenvalue weighted by molar-refractivity contribution is 6.19. The summed E-state index contributed by atoms with van der Waals surface area (Å²) >= 11 is 0. The topological polar surface area (TPSA) is 43.4 Å². The number of halogens is 3. The average Bonchev–Trinajstić information content (AvgIpc) is 2.35. The molecule has 0 heterocycles. The zero-order valence-electron chi connectivity index (χ0n) is 10.8. The number of carbonyl (C=O) groups is 2. The third-order valence-electron chi connectivity index (χ3n) is 3.05. The van der Waals surface area contributed by atoms with Crippen molar-refractivity contribution in [3.05, 3.63) is 11.6 Å². The normalized spacial score (nSPS) is 18.2. The van der Waals surface area contributed by atoms with Crippen LogP contribution in [0.15, 0.2) is 11.6 Å². The van der Waals surface area contributed by atoms with Gasteiger partial charge in [-0.1, -0.05) is 25.3 Å². The molecule has 0 N–H and O–H groups in total. The summed E-state index contributed by atoms with van der Waals surface area (Å²) < 4.78 is 41.9. The Morgan fingerprint density at radius 2 is 1.79 bits per heavy atom. The molecule has 19 heavy (non-hydrogen) atoms. The average molecular weight is 278 g/mol. The van der Waals surface area contributed by atoms with E-state index in [1.165, 1.54) is 6.92 Å². The van der Waals surface area contributed by atoms with Gasteiger partial charge in [0.05, 0.1) is 6.61 Å². The first-order valence-electron chi connectivity index (χ1n) is 6.36. The van der Waals surface area contributed by atoms with Crippen LogP contribution in [0.1, 0.15) is 39.0 Å². The van der Waals surface area contributed by atoms with Gasteiger partial charge in [-0.15, -0.1) is 0 Å². The summed E-state index contributed by atoms with van der Waals surface area (Å²) in [7, 11) is 0. The molecule has 1 aliphatic rings. The van der Waals surface area contributed by atoms with Crippen molar-refractivity contribution in [2.75, 3.05) is 6.61 Å². The van der Waals surface area contributed by atoms with Gasteiger partial charge in [0.2, 0.25) is 0 Å². The summed E-state index contributed by atoms with van der Waals surface area (Å²) in [6.07, 6.45) is 0.337. The van der Waals surface area contributed by atoms with Gasteiger partial charge in [-0.05, 0) is 25.7 Å². The molecule has 0 spiro atoms. The highest BCUT2D eigenvalue weighted by atomic mass is 19.4. The SMILES string of the molecule is CCOC(=O)/C(=C\C1CCCCC1)C(=O)C(F)(F)F. The van der Waals surface area contributed by atoms with E-state index in [1.54, 1.807) is 0 Å². The van der Waals surface area contributed by atoms with Crippen molar-refractivity contribution in [3.63, 3.8) is 0 Å². The fourth-order valence-corrected chi connectivity index (χ4v) is 2.13. The molecule has 0 aliphatic heterocycles. The predicted octanol–water partition coefficient (Wildman–Crippen LogP) is 3.19. The largest absolute Gasteiger partial charge is 0.462 e. The molecular formula is C13H17F3O3. The van der Waals surface area contributed by atoms with E-state index in [9.17, 15) is 22.8 Å². The van der Waals surface area contributed by atoms with E-state index in [0.29, 0.717) is 12.8 Å². The number of hydrogen-bond acceptors (Lipinski definition) is 3. The van der Waals surface area contributed by atoms with Gasteiger partial charge < -0.3 is 4.74 Å². The van der Waals surface area contributed by atoms with Gasteiger partial charge in [0.15, 0.2) is 0 Å². The van der Waals surface area contributed by atoms with Crippen LogP contribution < -0.4 is 0 Å². The Labute approximate surface area is 109 Å². The van der Waals surface area contributed by atoms with Crippen molar-refractivity contribution in [3.8, 4) is 0 Å². The second-order valence-corrected chi connectivity index (χ2v) is 4.53. The molecule has 1 rings (SSSR count). The Kier molecular flexibility index (Phi) is 5.57. The molecule has 0 aromatic rings. The number of ketones is 1. The molecule has 3 nitrogen and oxygen atoms in total. The van der Waals surface area contributed by atoms with Crippen LogP contribution in [0.25, 0.3) is 0 Å². The number of esters is 1. The van der Waals surface area contributed by atoms with Gasteiger partial charge in [-0.25, -0.2) is 4.79 Å². The number of rotatable bonds is 4. The molecule has 0 radical (unpaired) electrons. The lowest BCUT2D eigenvalue weighted by Gasteiger charge is -2.19. The van der Waals surface area contributed by atoms with Crippen LogP contribution in [0.4, 0.5) is 13.2 Å². The third kappa shape index (κ3) is 4.69. The van der Waals surface area contributed by atoms with E-state index in [0.717, 1.165) is 25.3 Å². The number of ether oxygens (including phenoxy) is 1. The van der Waals surface area contributed by atoms with Gasteiger partial charge in [-0.3, -0.25) is 4.79 Å². The maximum atomic E-state index is 12.5. The van der Waals surface area contributed by atoms with Crippen molar-refractivity contribution in [1.29, 1.82) is 0 Å². The summed E-state index contributed by atoms with van der Waals surface area (Å²) in [6, 6.07) is 0. The van der Waals surface area contributed by atoms with Gasteiger partial charge in [0, 0.05) is 0 Å². The van der Waals surface area contributed by atoms with Crippen molar-refractivity contribution in [2.45, 2.75) is 45.2 Å². The van der Waals surface area contributed by atoms with Crippen molar-refractivity contribution >= 4 is 11.8 Å². The summed E-state index contributed by atoms with van der Waals surface area (Å²) in [5.74, 6) is -3.45. The van der Waals surface area contributed by atoms with Crippen LogP contribution in [0.5, 0.6) is 0 Å². The van der Waals surface area contributed by atoms with E-state index in [2.05, 4.69) is 4.74 Å². The third-order valence-corrected chi connectivity index (χ3v) is 3.05. The van der Waals surface area contributed by atoms with Crippen LogP contribution in [0, 0.1) is 5.92 Å². The van der Waals surface area contributed by atoms with Crippen molar-refractivity contribution < 1.29 is 27.5 Å². The first-order valence-corrected chi connectivity index (χ1v) is 6.36. The van der Waals surface area contributed by atoms with E-state index >= 15 is 0 Å². The minimum atomic E-state index is -5.05. The van der Waals surface area contributed by atoms with Gasteiger partial charge in [0.25, 0.3) is 5.78 Å². The lowest BCUT2D eigenvalue weighted by atomic mass is 9.87. The number of carbonyl (C=O) groups excluding carboxylic acids is 2. The molecule has 1 aliphatic carbocycles. The van der Waals surface area contributed by atoms with Gasteiger partial charge in [0.1, 0.15) is 5.57 Å². The Morgan fingerprint density at radius 1 is 1.21 bits per heavy atom. The van der Waals surface area contributed by atoms with Crippen molar-refractivity contribution in [2.24, 2.45) is 5.92 Å². The minimum Gasteiger partial charge on any atom is -0.462 e. The molecule has 0 aromatic heterocycles. The Balaban J connectivity index is 2.94. The molecule has 0 aromatic carbocycles. The van der Waals surface area contributed by atoms with E-state index in [1.807, 2.05) is 0 Å². The second kappa shape index (κ2) is 6.73. The van der Waals surface area contributed by atoms with E-state index < -0.39 is 23.5 Å². The number of Topliss-reactive ketones (excluding diaryl/α,β-unsaturated/α-hetero) is 1. The molecule has 0 unspecified atom stereocenters. The van der Waals surface area contributed by atoms with Crippen LogP contribution in [0.2, 0.25) is 0 Å². The maximum Gasteiger partial charge on any atom is 0.455 e. The second-order valence-electron chi connectivity index (χ2n) is 4.53. The van der Waals surface area contributed by atoms with Crippen molar-refractivity contribution in [1.82, 2.24) is 0 Å². The fourth-order valence-electron chi connectivity index (χ4n) is 2.13. The minimum absolute atomic E-state index is 0.0635.